The van der Waals surface area contributed by atoms with Crippen LogP contribution in [0.3, 0.4) is 0 Å². The van der Waals surface area contributed by atoms with Crippen LogP contribution in [0, 0.1) is 0 Å². The third-order valence-electron chi connectivity index (χ3n) is 3.77. The molecule has 1 fully saturated rings. The molecule has 1 aliphatic heterocycles. The molecule has 0 spiro atoms. The summed E-state index contributed by atoms with van der Waals surface area (Å²) in [5.74, 6) is -0.339. The van der Waals surface area contributed by atoms with Gasteiger partial charge in [0, 0.05) is 16.6 Å². The lowest BCUT2D eigenvalue weighted by molar-refractivity contribution is -0.160. The molecule has 114 valence electrons. The summed E-state index contributed by atoms with van der Waals surface area (Å²) in [7, 11) is 0. The quantitative estimate of drug-likeness (QED) is 0.907. The van der Waals surface area contributed by atoms with Crippen molar-refractivity contribution in [2.75, 3.05) is 0 Å². The molecule has 0 aliphatic carbocycles. The van der Waals surface area contributed by atoms with Crippen LogP contribution in [-0.2, 0) is 16.1 Å². The number of carbonyl (C=O) groups excluding carboxylic acids is 2. The summed E-state index contributed by atoms with van der Waals surface area (Å²) in [4.78, 5) is 26.5. The van der Waals surface area contributed by atoms with Gasteiger partial charge in [0.2, 0.25) is 11.8 Å². The van der Waals surface area contributed by atoms with Crippen molar-refractivity contribution in [3.8, 4) is 0 Å². The van der Waals surface area contributed by atoms with Gasteiger partial charge in [-0.25, -0.2) is 0 Å². The highest BCUT2D eigenvalue weighted by Crippen LogP contribution is 2.30. The van der Waals surface area contributed by atoms with Crippen LogP contribution in [0.1, 0.15) is 33.3 Å². The first-order valence-corrected chi connectivity index (χ1v) is 7.40. The molecule has 1 aromatic carbocycles. The molecular formula is C15H18Cl2N2O2. The third kappa shape index (κ3) is 2.87. The van der Waals surface area contributed by atoms with Gasteiger partial charge in [0.1, 0.15) is 11.1 Å². The smallest absolute Gasteiger partial charge is 0.248 e. The second-order valence-electron chi connectivity index (χ2n) is 6.27. The molecule has 0 unspecified atom stereocenters. The predicted molar refractivity (Wildman–Crippen MR) is 83.3 cm³/mol. The zero-order valence-corrected chi connectivity index (χ0v) is 14.0. The number of amides is 2. The zero-order valence-electron chi connectivity index (χ0n) is 12.5. The Kier molecular flexibility index (Phi) is 3.98. The maximum atomic E-state index is 12.6. The zero-order chi connectivity index (χ0) is 16.0. The van der Waals surface area contributed by atoms with Crippen molar-refractivity contribution in [2.24, 2.45) is 0 Å². The maximum Gasteiger partial charge on any atom is 0.248 e. The van der Waals surface area contributed by atoms with E-state index in [0.717, 1.165) is 5.56 Å². The average Bonchev–Trinajstić information content (AvgIpc) is 2.36. The van der Waals surface area contributed by atoms with Crippen LogP contribution in [0.25, 0.3) is 0 Å². The monoisotopic (exact) mass is 328 g/mol. The van der Waals surface area contributed by atoms with Crippen molar-refractivity contribution in [1.82, 2.24) is 10.2 Å². The molecule has 0 saturated carbocycles. The number of hydrogen-bond acceptors (Lipinski definition) is 2. The standard InChI is InChI=1S/C15H18Cl2N2O2/c1-14(2)13(21)19(15(3,4)12(20)18-14)8-9-7-10(16)5-6-11(9)17/h5-7H,8H2,1-4H3,(H,18,20). The molecule has 4 nitrogen and oxygen atoms in total. The number of halogens is 2. The van der Waals surface area contributed by atoms with Crippen LogP contribution in [0.4, 0.5) is 0 Å². The summed E-state index contributed by atoms with van der Waals surface area (Å²) in [6.45, 7) is 7.05. The Morgan fingerprint density at radius 2 is 1.76 bits per heavy atom. The summed E-state index contributed by atoms with van der Waals surface area (Å²) in [5.41, 5.74) is -1.16. The number of piperazine rings is 1. The number of hydrogen-bond donors (Lipinski definition) is 1. The van der Waals surface area contributed by atoms with Crippen molar-refractivity contribution in [3.05, 3.63) is 33.8 Å². The molecule has 0 aromatic heterocycles. The van der Waals surface area contributed by atoms with E-state index >= 15 is 0 Å². The SMILES string of the molecule is CC1(C)NC(=O)C(C)(C)N(Cc2cc(Cl)ccc2Cl)C1=O. The van der Waals surface area contributed by atoms with Crippen molar-refractivity contribution in [1.29, 1.82) is 0 Å². The molecule has 0 radical (unpaired) electrons. The molecule has 1 N–H and O–H groups in total. The highest BCUT2D eigenvalue weighted by Gasteiger charge is 2.50. The fourth-order valence-electron chi connectivity index (χ4n) is 2.31. The lowest BCUT2D eigenvalue weighted by atomic mass is 9.89. The Morgan fingerprint density at radius 3 is 2.38 bits per heavy atom. The van der Waals surface area contributed by atoms with Crippen molar-refractivity contribution in [3.63, 3.8) is 0 Å². The third-order valence-corrected chi connectivity index (χ3v) is 4.38. The van der Waals surface area contributed by atoms with Crippen LogP contribution in [0.5, 0.6) is 0 Å². The Morgan fingerprint density at radius 1 is 1.14 bits per heavy atom. The first kappa shape index (κ1) is 16.1. The summed E-state index contributed by atoms with van der Waals surface area (Å²) in [5, 5.41) is 3.81. The van der Waals surface area contributed by atoms with E-state index in [1.165, 1.54) is 0 Å². The van der Waals surface area contributed by atoms with Crippen molar-refractivity contribution < 1.29 is 9.59 Å². The highest BCUT2D eigenvalue weighted by atomic mass is 35.5. The van der Waals surface area contributed by atoms with E-state index in [0.29, 0.717) is 10.0 Å². The van der Waals surface area contributed by atoms with Crippen LogP contribution in [0.2, 0.25) is 10.0 Å². The molecule has 1 aliphatic rings. The van der Waals surface area contributed by atoms with Crippen LogP contribution in [0.15, 0.2) is 18.2 Å². The Balaban J connectivity index is 2.41. The molecule has 1 aromatic rings. The van der Waals surface area contributed by atoms with Crippen molar-refractivity contribution in [2.45, 2.75) is 45.3 Å². The molecule has 6 heteroatoms. The minimum Gasteiger partial charge on any atom is -0.340 e. The Labute approximate surface area is 134 Å². The molecule has 2 rings (SSSR count). The first-order chi connectivity index (χ1) is 9.55. The molecule has 0 atom stereocenters. The van der Waals surface area contributed by atoms with E-state index in [-0.39, 0.29) is 18.4 Å². The molecule has 2 amide bonds. The molecular weight excluding hydrogens is 311 g/mol. The largest absolute Gasteiger partial charge is 0.340 e. The molecule has 0 bridgehead atoms. The van der Waals surface area contributed by atoms with Gasteiger partial charge in [0.25, 0.3) is 0 Å². The second kappa shape index (κ2) is 5.18. The lowest BCUT2D eigenvalue weighted by Gasteiger charge is -2.47. The van der Waals surface area contributed by atoms with Gasteiger partial charge in [-0.15, -0.1) is 0 Å². The molecule has 1 saturated heterocycles. The van der Waals surface area contributed by atoms with E-state index in [1.807, 2.05) is 0 Å². The van der Waals surface area contributed by atoms with Gasteiger partial charge < -0.3 is 10.2 Å². The van der Waals surface area contributed by atoms with Crippen molar-refractivity contribution >= 4 is 35.0 Å². The number of nitrogens with one attached hydrogen (secondary N) is 1. The van der Waals surface area contributed by atoms with E-state index in [2.05, 4.69) is 5.32 Å². The van der Waals surface area contributed by atoms with Gasteiger partial charge in [-0.2, -0.15) is 0 Å². The van der Waals surface area contributed by atoms with Gasteiger partial charge in [-0.05, 0) is 51.5 Å². The van der Waals surface area contributed by atoms with E-state index in [4.69, 9.17) is 23.2 Å². The number of benzene rings is 1. The molecule has 1 heterocycles. The minimum absolute atomic E-state index is 0.150. The lowest BCUT2D eigenvalue weighted by Crippen LogP contribution is -2.71. The minimum atomic E-state index is -0.946. The maximum absolute atomic E-state index is 12.6. The topological polar surface area (TPSA) is 49.4 Å². The van der Waals surface area contributed by atoms with Crippen LogP contribution < -0.4 is 5.32 Å². The van der Waals surface area contributed by atoms with Gasteiger partial charge in [0.15, 0.2) is 0 Å². The number of rotatable bonds is 2. The number of nitrogens with zero attached hydrogens (tertiary/aromatic N) is 1. The summed E-state index contributed by atoms with van der Waals surface area (Å²) in [6.07, 6.45) is 0. The predicted octanol–water partition coefficient (Wildman–Crippen LogP) is 3.01. The van der Waals surface area contributed by atoms with E-state index < -0.39 is 11.1 Å². The Hall–Kier alpha value is -1.26. The second-order valence-corrected chi connectivity index (χ2v) is 7.11. The van der Waals surface area contributed by atoms with E-state index in [1.54, 1.807) is 50.8 Å². The average molecular weight is 329 g/mol. The van der Waals surface area contributed by atoms with Gasteiger partial charge in [-0.1, -0.05) is 23.2 Å². The summed E-state index contributed by atoms with van der Waals surface area (Å²) in [6, 6.07) is 5.09. The van der Waals surface area contributed by atoms with Crippen LogP contribution >= 0.6 is 23.2 Å². The van der Waals surface area contributed by atoms with Gasteiger partial charge in [0.05, 0.1) is 0 Å². The first-order valence-electron chi connectivity index (χ1n) is 6.64. The van der Waals surface area contributed by atoms with Crippen LogP contribution in [-0.4, -0.2) is 27.8 Å². The van der Waals surface area contributed by atoms with Gasteiger partial charge in [-0.3, -0.25) is 9.59 Å². The fraction of sp³-hybridized carbons (Fsp3) is 0.467. The highest BCUT2D eigenvalue weighted by molar-refractivity contribution is 6.33. The molecule has 21 heavy (non-hydrogen) atoms. The number of carbonyl (C=O) groups is 2. The van der Waals surface area contributed by atoms with Gasteiger partial charge >= 0.3 is 0 Å². The summed E-state index contributed by atoms with van der Waals surface area (Å²) >= 11 is 12.2. The fourth-order valence-corrected chi connectivity index (χ4v) is 2.68. The van der Waals surface area contributed by atoms with E-state index in [9.17, 15) is 9.59 Å². The normalized spacial score (nSPS) is 20.4. The Bertz CT molecular complexity index is 612. The summed E-state index contributed by atoms with van der Waals surface area (Å²) < 4.78 is 0.